The van der Waals surface area contributed by atoms with Crippen LogP contribution in [0.25, 0.3) is 22.3 Å². The van der Waals surface area contributed by atoms with Crippen LogP contribution in [-0.2, 0) is 4.79 Å². The minimum Gasteiger partial charge on any atom is -0.494 e. The monoisotopic (exact) mass is 489 g/mol. The number of aliphatic imine (C=N–C) groups is 1. The molecule has 0 aliphatic heterocycles. The number of hydrogen-bond acceptors (Lipinski definition) is 7. The van der Waals surface area contributed by atoms with Crippen molar-refractivity contribution in [2.75, 3.05) is 25.6 Å². The number of allylic oxidation sites excluding steroid dienone is 2. The Hall–Kier alpha value is -3.94. The first-order valence-corrected chi connectivity index (χ1v) is 12.1. The standard InChI is InChI=1S/C28H35N5O3/c1-7-14-35-22-12-13-24-23(16-22)27(30-20(8-2)17-29-6)32-26(31-24)19-10-9-11-21(15-19)36-18-25(34)33-28(3,4)5/h8-13,15-17H,7,14,18H2,1-6H3,(H,33,34)(H,30,31,32)/b20-8+,29-17?. The van der Waals surface area contributed by atoms with E-state index in [1.807, 2.05) is 70.2 Å². The Morgan fingerprint density at radius 1 is 1.08 bits per heavy atom. The van der Waals surface area contributed by atoms with E-state index < -0.39 is 0 Å². The molecule has 190 valence electrons. The Morgan fingerprint density at radius 2 is 1.86 bits per heavy atom. The van der Waals surface area contributed by atoms with Gasteiger partial charge in [0.05, 0.1) is 17.8 Å². The molecule has 0 bridgehead atoms. The molecule has 8 heteroatoms. The SMILES string of the molecule is C/C=C(\C=NC)Nc1nc(-c2cccc(OCC(=O)NC(C)(C)C)c2)nc2ccc(OCCC)cc12. The van der Waals surface area contributed by atoms with Crippen LogP contribution in [0.2, 0.25) is 0 Å². The number of hydrogen-bond donors (Lipinski definition) is 2. The maximum atomic E-state index is 12.2. The molecule has 0 spiro atoms. The topological polar surface area (TPSA) is 97.7 Å². The molecular weight excluding hydrogens is 454 g/mol. The van der Waals surface area contributed by atoms with Crippen molar-refractivity contribution in [3.8, 4) is 22.9 Å². The third kappa shape index (κ3) is 7.53. The highest BCUT2D eigenvalue weighted by Gasteiger charge is 2.15. The normalized spacial score (nSPS) is 12.1. The van der Waals surface area contributed by atoms with Crippen molar-refractivity contribution in [3.05, 3.63) is 54.2 Å². The molecule has 3 aromatic rings. The lowest BCUT2D eigenvalue weighted by atomic mass is 10.1. The predicted molar refractivity (Wildman–Crippen MR) is 146 cm³/mol. The Balaban J connectivity index is 1.96. The summed E-state index contributed by atoms with van der Waals surface area (Å²) in [6.07, 6.45) is 4.59. The van der Waals surface area contributed by atoms with Gasteiger partial charge in [-0.15, -0.1) is 0 Å². The van der Waals surface area contributed by atoms with Crippen LogP contribution in [0.5, 0.6) is 11.5 Å². The van der Waals surface area contributed by atoms with Crippen LogP contribution in [0.4, 0.5) is 5.82 Å². The second kappa shape index (κ2) is 12.2. The number of rotatable bonds is 10. The molecule has 0 aliphatic rings. The molecule has 2 aromatic carbocycles. The van der Waals surface area contributed by atoms with Gasteiger partial charge in [-0.3, -0.25) is 9.79 Å². The van der Waals surface area contributed by atoms with Gasteiger partial charge in [0.1, 0.15) is 17.3 Å². The summed E-state index contributed by atoms with van der Waals surface area (Å²) >= 11 is 0. The average Bonchev–Trinajstić information content (AvgIpc) is 2.85. The van der Waals surface area contributed by atoms with Gasteiger partial charge in [-0.25, -0.2) is 9.97 Å². The van der Waals surface area contributed by atoms with Gasteiger partial charge in [-0.05, 0) is 64.4 Å². The average molecular weight is 490 g/mol. The zero-order valence-electron chi connectivity index (χ0n) is 21.9. The lowest BCUT2D eigenvalue weighted by Gasteiger charge is -2.20. The molecule has 2 N–H and O–H groups in total. The lowest BCUT2D eigenvalue weighted by molar-refractivity contribution is -0.124. The number of carbonyl (C=O) groups is 1. The molecule has 3 rings (SSSR count). The quantitative estimate of drug-likeness (QED) is 0.370. The van der Waals surface area contributed by atoms with Gasteiger partial charge >= 0.3 is 0 Å². The second-order valence-electron chi connectivity index (χ2n) is 9.29. The van der Waals surface area contributed by atoms with Gasteiger partial charge in [-0.1, -0.05) is 25.1 Å². The van der Waals surface area contributed by atoms with Crippen molar-refractivity contribution < 1.29 is 14.3 Å². The molecule has 36 heavy (non-hydrogen) atoms. The second-order valence-corrected chi connectivity index (χ2v) is 9.29. The molecule has 0 unspecified atom stereocenters. The number of amides is 1. The zero-order chi connectivity index (χ0) is 26.1. The first-order chi connectivity index (χ1) is 17.2. The van der Waals surface area contributed by atoms with Crippen LogP contribution in [0.15, 0.2) is 59.2 Å². The molecule has 0 fully saturated rings. The summed E-state index contributed by atoms with van der Waals surface area (Å²) in [6, 6.07) is 13.2. The van der Waals surface area contributed by atoms with Crippen LogP contribution in [0.1, 0.15) is 41.0 Å². The molecule has 1 aromatic heterocycles. The van der Waals surface area contributed by atoms with Crippen LogP contribution in [0.3, 0.4) is 0 Å². The van der Waals surface area contributed by atoms with Crippen LogP contribution in [0, 0.1) is 0 Å². The summed E-state index contributed by atoms with van der Waals surface area (Å²) in [5, 5.41) is 7.09. The predicted octanol–water partition coefficient (Wildman–Crippen LogP) is 5.40. The molecule has 0 saturated heterocycles. The number of aromatic nitrogens is 2. The van der Waals surface area contributed by atoms with Gasteiger partial charge in [0.25, 0.3) is 5.91 Å². The number of fused-ring (bicyclic) bond motifs is 1. The number of anilines is 1. The fraction of sp³-hybridized carbons (Fsp3) is 0.357. The van der Waals surface area contributed by atoms with E-state index in [2.05, 4.69) is 22.5 Å². The van der Waals surface area contributed by atoms with Gasteiger partial charge in [0, 0.05) is 29.8 Å². The Kier molecular flexibility index (Phi) is 9.00. The highest BCUT2D eigenvalue weighted by molar-refractivity contribution is 5.95. The highest BCUT2D eigenvalue weighted by Crippen LogP contribution is 2.30. The van der Waals surface area contributed by atoms with E-state index in [0.717, 1.165) is 34.3 Å². The van der Waals surface area contributed by atoms with Crippen molar-refractivity contribution in [1.29, 1.82) is 0 Å². The maximum Gasteiger partial charge on any atom is 0.258 e. The van der Waals surface area contributed by atoms with E-state index in [4.69, 9.17) is 19.4 Å². The molecule has 1 heterocycles. The van der Waals surface area contributed by atoms with E-state index in [0.29, 0.717) is 24.0 Å². The van der Waals surface area contributed by atoms with E-state index in [-0.39, 0.29) is 18.1 Å². The van der Waals surface area contributed by atoms with Gasteiger partial charge < -0.3 is 20.1 Å². The minimum atomic E-state index is -0.319. The number of nitrogens with one attached hydrogen (secondary N) is 2. The molecule has 0 atom stereocenters. The summed E-state index contributed by atoms with van der Waals surface area (Å²) < 4.78 is 11.6. The van der Waals surface area contributed by atoms with Crippen molar-refractivity contribution in [2.24, 2.45) is 4.99 Å². The number of nitrogens with zero attached hydrogens (tertiary/aromatic N) is 3. The summed E-state index contributed by atoms with van der Waals surface area (Å²) in [5.74, 6) is 2.31. The Bertz CT molecular complexity index is 1260. The minimum absolute atomic E-state index is 0.0757. The molecule has 0 saturated carbocycles. The summed E-state index contributed by atoms with van der Waals surface area (Å²) in [5.41, 5.74) is 2.03. The number of benzene rings is 2. The first-order valence-electron chi connectivity index (χ1n) is 12.1. The number of ether oxygens (including phenoxy) is 2. The maximum absolute atomic E-state index is 12.2. The Labute approximate surface area is 212 Å². The summed E-state index contributed by atoms with van der Waals surface area (Å²) in [4.78, 5) is 25.9. The van der Waals surface area contributed by atoms with Crippen LogP contribution >= 0.6 is 0 Å². The molecule has 8 nitrogen and oxygen atoms in total. The molecule has 0 aliphatic carbocycles. The summed E-state index contributed by atoms with van der Waals surface area (Å²) in [6.45, 7) is 10.3. The molecular formula is C28H35N5O3. The van der Waals surface area contributed by atoms with Crippen molar-refractivity contribution in [1.82, 2.24) is 15.3 Å². The van der Waals surface area contributed by atoms with Gasteiger partial charge in [0.2, 0.25) is 0 Å². The first kappa shape index (κ1) is 26.7. The Morgan fingerprint density at radius 3 is 2.56 bits per heavy atom. The van der Waals surface area contributed by atoms with Crippen LogP contribution < -0.4 is 20.1 Å². The van der Waals surface area contributed by atoms with E-state index >= 15 is 0 Å². The summed E-state index contributed by atoms with van der Waals surface area (Å²) in [7, 11) is 1.72. The fourth-order valence-corrected chi connectivity index (χ4v) is 3.42. The largest absolute Gasteiger partial charge is 0.494 e. The van der Waals surface area contributed by atoms with Crippen LogP contribution in [-0.4, -0.2) is 47.9 Å². The molecule has 1 amide bonds. The fourth-order valence-electron chi connectivity index (χ4n) is 3.42. The van der Waals surface area contributed by atoms with Gasteiger partial charge in [-0.2, -0.15) is 0 Å². The number of carbonyl (C=O) groups excluding carboxylic acids is 1. The molecule has 0 radical (unpaired) electrons. The van der Waals surface area contributed by atoms with E-state index in [1.54, 1.807) is 19.3 Å². The highest BCUT2D eigenvalue weighted by atomic mass is 16.5. The van der Waals surface area contributed by atoms with Crippen molar-refractivity contribution >= 4 is 28.8 Å². The third-order valence-corrected chi connectivity index (χ3v) is 4.96. The third-order valence-electron chi connectivity index (χ3n) is 4.96. The lowest BCUT2D eigenvalue weighted by Crippen LogP contribution is -2.43. The van der Waals surface area contributed by atoms with Crippen molar-refractivity contribution in [2.45, 2.75) is 46.6 Å². The van der Waals surface area contributed by atoms with Crippen molar-refractivity contribution in [3.63, 3.8) is 0 Å². The van der Waals surface area contributed by atoms with E-state index in [9.17, 15) is 4.79 Å². The zero-order valence-corrected chi connectivity index (χ0v) is 21.9. The van der Waals surface area contributed by atoms with E-state index in [1.165, 1.54) is 0 Å². The smallest absolute Gasteiger partial charge is 0.258 e. The van der Waals surface area contributed by atoms with Gasteiger partial charge in [0.15, 0.2) is 12.4 Å².